The molecule has 2 aromatic rings. The third kappa shape index (κ3) is 6.06. The SMILES string of the molecule is CCN(CC)S(=O)(=O)c1ccc(C)c(C(=O)NCc2ccc(OCC(C)C)cc2)c1. The van der Waals surface area contributed by atoms with E-state index in [1.54, 1.807) is 32.9 Å². The molecule has 0 aliphatic carbocycles. The lowest BCUT2D eigenvalue weighted by Gasteiger charge is -2.19. The van der Waals surface area contributed by atoms with Crippen LogP contribution in [0.4, 0.5) is 0 Å². The fourth-order valence-electron chi connectivity index (χ4n) is 2.96. The molecule has 0 saturated carbocycles. The van der Waals surface area contributed by atoms with Gasteiger partial charge >= 0.3 is 0 Å². The van der Waals surface area contributed by atoms with Gasteiger partial charge in [-0.05, 0) is 48.2 Å². The van der Waals surface area contributed by atoms with Gasteiger partial charge in [0.1, 0.15) is 5.75 Å². The lowest BCUT2D eigenvalue weighted by atomic mass is 10.1. The zero-order chi connectivity index (χ0) is 22.3. The van der Waals surface area contributed by atoms with Gasteiger partial charge in [0, 0.05) is 25.2 Å². The number of nitrogens with one attached hydrogen (secondary N) is 1. The van der Waals surface area contributed by atoms with Gasteiger partial charge in [0.05, 0.1) is 11.5 Å². The number of amides is 1. The lowest BCUT2D eigenvalue weighted by molar-refractivity contribution is 0.0950. The molecule has 0 spiro atoms. The summed E-state index contributed by atoms with van der Waals surface area (Å²) in [5, 5.41) is 2.87. The molecule has 1 N–H and O–H groups in total. The van der Waals surface area contributed by atoms with Crippen molar-refractivity contribution in [3.05, 3.63) is 59.2 Å². The number of sulfonamides is 1. The standard InChI is InChI=1S/C23H32N2O4S/c1-6-25(7-2)30(27,28)21-13-8-18(5)22(14-21)23(26)24-15-19-9-11-20(12-10-19)29-16-17(3)4/h8-14,17H,6-7,15-16H2,1-5H3,(H,24,26). The van der Waals surface area contributed by atoms with Crippen molar-refractivity contribution >= 4 is 15.9 Å². The average Bonchev–Trinajstić information content (AvgIpc) is 2.72. The molecule has 7 heteroatoms. The molecular formula is C23H32N2O4S. The maximum Gasteiger partial charge on any atom is 0.251 e. The minimum absolute atomic E-state index is 0.133. The van der Waals surface area contributed by atoms with Crippen molar-refractivity contribution in [3.8, 4) is 5.75 Å². The fraction of sp³-hybridized carbons (Fsp3) is 0.435. The molecule has 2 aromatic carbocycles. The van der Waals surface area contributed by atoms with Crippen molar-refractivity contribution in [2.75, 3.05) is 19.7 Å². The Morgan fingerprint density at radius 3 is 2.27 bits per heavy atom. The predicted molar refractivity (Wildman–Crippen MR) is 119 cm³/mol. The van der Waals surface area contributed by atoms with Crippen molar-refractivity contribution in [1.29, 1.82) is 0 Å². The Kier molecular flexibility index (Phi) is 8.43. The molecule has 1 amide bonds. The molecule has 30 heavy (non-hydrogen) atoms. The molecule has 0 fully saturated rings. The van der Waals surface area contributed by atoms with E-state index in [1.807, 2.05) is 24.3 Å². The minimum atomic E-state index is -3.62. The summed E-state index contributed by atoms with van der Waals surface area (Å²) in [5.41, 5.74) is 2.02. The van der Waals surface area contributed by atoms with Crippen molar-refractivity contribution < 1.29 is 17.9 Å². The lowest BCUT2D eigenvalue weighted by Crippen LogP contribution is -2.31. The number of carbonyl (C=O) groups is 1. The van der Waals surface area contributed by atoms with Crippen LogP contribution < -0.4 is 10.1 Å². The molecule has 0 atom stereocenters. The molecule has 0 aromatic heterocycles. The van der Waals surface area contributed by atoms with E-state index in [-0.39, 0.29) is 10.8 Å². The van der Waals surface area contributed by atoms with Crippen molar-refractivity contribution in [2.45, 2.75) is 46.1 Å². The van der Waals surface area contributed by atoms with E-state index in [2.05, 4.69) is 19.2 Å². The molecule has 2 rings (SSSR count). The number of aryl methyl sites for hydroxylation is 1. The second kappa shape index (κ2) is 10.6. The molecule has 0 aliphatic rings. The van der Waals surface area contributed by atoms with Gasteiger partial charge in [-0.3, -0.25) is 4.79 Å². The molecule has 0 bridgehead atoms. The summed E-state index contributed by atoms with van der Waals surface area (Å²) in [5.74, 6) is 0.946. The smallest absolute Gasteiger partial charge is 0.251 e. The first-order valence-corrected chi connectivity index (χ1v) is 11.7. The molecule has 0 saturated heterocycles. The molecular weight excluding hydrogens is 400 g/mol. The van der Waals surface area contributed by atoms with Crippen molar-refractivity contribution in [1.82, 2.24) is 9.62 Å². The number of rotatable bonds is 10. The number of hydrogen-bond acceptors (Lipinski definition) is 4. The van der Waals surface area contributed by atoms with Crippen LogP contribution in [0.25, 0.3) is 0 Å². The van der Waals surface area contributed by atoms with Gasteiger partial charge in [0.2, 0.25) is 10.0 Å². The zero-order valence-corrected chi connectivity index (χ0v) is 19.3. The Labute approximate surface area is 180 Å². The Morgan fingerprint density at radius 2 is 1.70 bits per heavy atom. The summed E-state index contributed by atoms with van der Waals surface area (Å²) >= 11 is 0. The first-order chi connectivity index (χ1) is 14.2. The minimum Gasteiger partial charge on any atom is -0.493 e. The second-order valence-electron chi connectivity index (χ2n) is 7.60. The number of nitrogens with zero attached hydrogens (tertiary/aromatic N) is 1. The first kappa shape index (κ1) is 23.9. The summed E-state index contributed by atoms with van der Waals surface area (Å²) in [6.07, 6.45) is 0. The maximum absolute atomic E-state index is 12.8. The number of carbonyl (C=O) groups excluding carboxylic acids is 1. The summed E-state index contributed by atoms with van der Waals surface area (Å²) < 4.78 is 32.6. The van der Waals surface area contributed by atoms with Crippen LogP contribution in [0, 0.1) is 12.8 Å². The van der Waals surface area contributed by atoms with Gasteiger partial charge in [0.25, 0.3) is 5.91 Å². The third-order valence-electron chi connectivity index (χ3n) is 4.76. The predicted octanol–water partition coefficient (Wildman–Crippen LogP) is 3.99. The van der Waals surface area contributed by atoms with Gasteiger partial charge < -0.3 is 10.1 Å². The Morgan fingerprint density at radius 1 is 1.07 bits per heavy atom. The molecule has 6 nitrogen and oxygen atoms in total. The van der Waals surface area contributed by atoms with Crippen LogP contribution in [0.15, 0.2) is 47.4 Å². The normalized spacial score (nSPS) is 11.7. The molecule has 164 valence electrons. The highest BCUT2D eigenvalue weighted by atomic mass is 32.2. The Bertz CT molecular complexity index is 950. The van der Waals surface area contributed by atoms with E-state index in [0.717, 1.165) is 16.9 Å². The average molecular weight is 433 g/mol. The van der Waals surface area contributed by atoms with E-state index in [9.17, 15) is 13.2 Å². The number of ether oxygens (including phenoxy) is 1. The highest BCUT2D eigenvalue weighted by Gasteiger charge is 2.23. The van der Waals surface area contributed by atoms with Crippen molar-refractivity contribution in [3.63, 3.8) is 0 Å². The monoisotopic (exact) mass is 432 g/mol. The van der Waals surface area contributed by atoms with Crippen LogP contribution in [0.5, 0.6) is 5.75 Å². The summed E-state index contributed by atoms with van der Waals surface area (Å²) in [6, 6.07) is 12.3. The summed E-state index contributed by atoms with van der Waals surface area (Å²) in [4.78, 5) is 12.9. The Balaban J connectivity index is 2.10. The van der Waals surface area contributed by atoms with Gasteiger partial charge in [-0.1, -0.05) is 45.9 Å². The Hall–Kier alpha value is -2.38. The van der Waals surface area contributed by atoms with Gasteiger partial charge in [-0.2, -0.15) is 4.31 Å². The summed E-state index contributed by atoms with van der Waals surface area (Å²) in [7, 11) is -3.62. The second-order valence-corrected chi connectivity index (χ2v) is 9.54. The fourth-order valence-corrected chi connectivity index (χ4v) is 4.45. The van der Waals surface area contributed by atoms with Crippen molar-refractivity contribution in [2.24, 2.45) is 5.92 Å². The molecule has 0 aliphatic heterocycles. The number of hydrogen-bond donors (Lipinski definition) is 1. The maximum atomic E-state index is 12.8. The van der Waals surface area contributed by atoms with Crippen LogP contribution in [0.2, 0.25) is 0 Å². The highest BCUT2D eigenvalue weighted by molar-refractivity contribution is 7.89. The van der Waals surface area contributed by atoms with Gasteiger partial charge in [0.15, 0.2) is 0 Å². The molecule has 0 radical (unpaired) electrons. The van der Waals surface area contributed by atoms with Gasteiger partial charge in [-0.15, -0.1) is 0 Å². The zero-order valence-electron chi connectivity index (χ0n) is 18.4. The van der Waals surface area contributed by atoms with Crippen LogP contribution in [0.3, 0.4) is 0 Å². The van der Waals surface area contributed by atoms with E-state index in [4.69, 9.17) is 4.74 Å². The molecule has 0 heterocycles. The van der Waals surface area contributed by atoms with E-state index >= 15 is 0 Å². The molecule has 0 unspecified atom stereocenters. The summed E-state index contributed by atoms with van der Waals surface area (Å²) in [6.45, 7) is 11.3. The van der Waals surface area contributed by atoms with Gasteiger partial charge in [-0.25, -0.2) is 8.42 Å². The number of benzene rings is 2. The van der Waals surface area contributed by atoms with E-state index in [0.29, 0.717) is 37.7 Å². The van der Waals surface area contributed by atoms with E-state index in [1.165, 1.54) is 10.4 Å². The third-order valence-corrected chi connectivity index (χ3v) is 6.80. The quantitative estimate of drug-likeness (QED) is 0.616. The topological polar surface area (TPSA) is 75.7 Å². The first-order valence-electron chi connectivity index (χ1n) is 10.3. The van der Waals surface area contributed by atoms with Crippen LogP contribution in [-0.2, 0) is 16.6 Å². The van der Waals surface area contributed by atoms with Crippen LogP contribution in [-0.4, -0.2) is 38.3 Å². The van der Waals surface area contributed by atoms with Crippen LogP contribution in [0.1, 0.15) is 49.2 Å². The van der Waals surface area contributed by atoms with E-state index < -0.39 is 10.0 Å². The largest absolute Gasteiger partial charge is 0.493 e. The highest BCUT2D eigenvalue weighted by Crippen LogP contribution is 2.20. The van der Waals surface area contributed by atoms with Crippen LogP contribution >= 0.6 is 0 Å².